The molecule has 0 aliphatic heterocycles. The summed E-state index contributed by atoms with van der Waals surface area (Å²) in [6.45, 7) is 7.15. The molecule has 1 aliphatic carbocycles. The first-order valence-electron chi connectivity index (χ1n) is 8.86. The second-order valence-corrected chi connectivity index (χ2v) is 7.64. The average molecular weight is 338 g/mol. The Bertz CT molecular complexity index is 718. The Hall–Kier alpha value is -2.36. The van der Waals surface area contributed by atoms with Crippen LogP contribution >= 0.6 is 0 Å². The minimum atomic E-state index is -0.0210. The van der Waals surface area contributed by atoms with E-state index in [0.29, 0.717) is 12.6 Å². The first kappa shape index (κ1) is 17.5. The Kier molecular flexibility index (Phi) is 5.07. The van der Waals surface area contributed by atoms with Crippen molar-refractivity contribution in [2.75, 3.05) is 6.61 Å². The molecule has 1 aromatic carbocycles. The van der Waals surface area contributed by atoms with Gasteiger partial charge in [0.2, 0.25) is 0 Å². The monoisotopic (exact) mass is 338 g/mol. The molecule has 0 radical (unpaired) electrons. The van der Waals surface area contributed by atoms with Crippen LogP contribution in [0.5, 0.6) is 5.75 Å². The molecule has 25 heavy (non-hydrogen) atoms. The zero-order valence-corrected chi connectivity index (χ0v) is 15.2. The quantitative estimate of drug-likeness (QED) is 0.801. The van der Waals surface area contributed by atoms with E-state index in [1.165, 1.54) is 0 Å². The Morgan fingerprint density at radius 2 is 1.84 bits per heavy atom. The molecule has 3 rings (SSSR count). The van der Waals surface area contributed by atoms with E-state index in [1.54, 1.807) is 12.4 Å². The molecule has 1 saturated carbocycles. The van der Waals surface area contributed by atoms with Crippen molar-refractivity contribution in [1.82, 2.24) is 9.88 Å². The van der Waals surface area contributed by atoms with Gasteiger partial charge in [0, 0.05) is 25.0 Å². The van der Waals surface area contributed by atoms with E-state index in [2.05, 4.69) is 31.8 Å². The molecule has 0 atom stereocenters. The van der Waals surface area contributed by atoms with E-state index in [4.69, 9.17) is 4.74 Å². The fraction of sp³-hybridized carbons (Fsp3) is 0.429. The molecule has 4 nitrogen and oxygen atoms in total. The van der Waals surface area contributed by atoms with Crippen LogP contribution in [-0.2, 0) is 16.8 Å². The second-order valence-electron chi connectivity index (χ2n) is 7.64. The summed E-state index contributed by atoms with van der Waals surface area (Å²) in [4.78, 5) is 18.7. The summed E-state index contributed by atoms with van der Waals surface area (Å²) in [5.74, 6) is 0.839. The minimum Gasteiger partial charge on any atom is -0.483 e. The van der Waals surface area contributed by atoms with Gasteiger partial charge >= 0.3 is 0 Å². The number of ether oxygens (including phenoxy) is 1. The van der Waals surface area contributed by atoms with Crippen LogP contribution in [0.4, 0.5) is 0 Å². The van der Waals surface area contributed by atoms with E-state index in [-0.39, 0.29) is 17.9 Å². The Labute approximate surface area is 149 Å². The molecule has 0 saturated heterocycles. The fourth-order valence-corrected chi connectivity index (χ4v) is 2.93. The standard InChI is InChI=1S/C21H26N2O2/c1-21(2,3)18-6-4-5-7-19(18)25-15-20(24)23(17-8-9-17)14-16-10-12-22-13-11-16/h4-7,10-13,17H,8-9,14-15H2,1-3H3. The first-order valence-corrected chi connectivity index (χ1v) is 8.86. The van der Waals surface area contributed by atoms with Crippen molar-refractivity contribution in [1.29, 1.82) is 0 Å². The number of carbonyl (C=O) groups is 1. The van der Waals surface area contributed by atoms with E-state index >= 15 is 0 Å². The molecule has 1 aliphatic rings. The van der Waals surface area contributed by atoms with Crippen molar-refractivity contribution >= 4 is 5.91 Å². The second kappa shape index (κ2) is 7.26. The summed E-state index contributed by atoms with van der Waals surface area (Å²) < 4.78 is 5.92. The largest absolute Gasteiger partial charge is 0.483 e. The van der Waals surface area contributed by atoms with Crippen LogP contribution in [0.3, 0.4) is 0 Å². The lowest BCUT2D eigenvalue weighted by Crippen LogP contribution is -2.36. The van der Waals surface area contributed by atoms with Gasteiger partial charge in [-0.15, -0.1) is 0 Å². The van der Waals surface area contributed by atoms with Gasteiger partial charge in [-0.2, -0.15) is 0 Å². The topological polar surface area (TPSA) is 42.4 Å². The van der Waals surface area contributed by atoms with Crippen LogP contribution in [0.15, 0.2) is 48.8 Å². The average Bonchev–Trinajstić information content (AvgIpc) is 3.43. The third kappa shape index (κ3) is 4.59. The van der Waals surface area contributed by atoms with Crippen LogP contribution in [0, 0.1) is 0 Å². The van der Waals surface area contributed by atoms with Crippen molar-refractivity contribution in [3.63, 3.8) is 0 Å². The Morgan fingerprint density at radius 3 is 2.48 bits per heavy atom. The molecule has 1 amide bonds. The van der Waals surface area contributed by atoms with Crippen LogP contribution < -0.4 is 4.74 Å². The number of nitrogens with zero attached hydrogens (tertiary/aromatic N) is 2. The summed E-state index contributed by atoms with van der Waals surface area (Å²) in [5, 5.41) is 0. The molecule has 0 unspecified atom stereocenters. The highest BCUT2D eigenvalue weighted by Gasteiger charge is 2.32. The fourth-order valence-electron chi connectivity index (χ4n) is 2.93. The number of carbonyl (C=O) groups excluding carboxylic acids is 1. The van der Waals surface area contributed by atoms with Gasteiger partial charge in [-0.05, 0) is 47.6 Å². The number of hydrogen-bond donors (Lipinski definition) is 0. The van der Waals surface area contributed by atoms with Gasteiger partial charge in [0.05, 0.1) is 0 Å². The lowest BCUT2D eigenvalue weighted by atomic mass is 9.86. The van der Waals surface area contributed by atoms with Crippen LogP contribution in [0.25, 0.3) is 0 Å². The Morgan fingerprint density at radius 1 is 1.16 bits per heavy atom. The van der Waals surface area contributed by atoms with Gasteiger partial charge in [0.15, 0.2) is 6.61 Å². The van der Waals surface area contributed by atoms with Crippen molar-refractivity contribution in [3.8, 4) is 5.75 Å². The molecule has 2 aromatic rings. The van der Waals surface area contributed by atoms with E-state index in [9.17, 15) is 4.79 Å². The van der Waals surface area contributed by atoms with E-state index < -0.39 is 0 Å². The van der Waals surface area contributed by atoms with Crippen molar-refractivity contribution in [3.05, 3.63) is 59.9 Å². The summed E-state index contributed by atoms with van der Waals surface area (Å²) in [7, 11) is 0. The molecule has 1 aromatic heterocycles. The molecular weight excluding hydrogens is 312 g/mol. The number of para-hydroxylation sites is 1. The van der Waals surface area contributed by atoms with Crippen molar-refractivity contribution in [2.24, 2.45) is 0 Å². The number of pyridine rings is 1. The minimum absolute atomic E-state index is 0.0210. The highest BCUT2D eigenvalue weighted by molar-refractivity contribution is 5.78. The summed E-state index contributed by atoms with van der Waals surface area (Å²) in [5.41, 5.74) is 2.20. The number of aromatic nitrogens is 1. The molecule has 0 bridgehead atoms. The van der Waals surface area contributed by atoms with E-state index in [1.807, 2.05) is 35.2 Å². The maximum absolute atomic E-state index is 12.7. The number of hydrogen-bond acceptors (Lipinski definition) is 3. The third-order valence-electron chi connectivity index (χ3n) is 4.46. The zero-order chi connectivity index (χ0) is 17.9. The number of amides is 1. The van der Waals surface area contributed by atoms with Crippen molar-refractivity contribution in [2.45, 2.75) is 51.6 Å². The highest BCUT2D eigenvalue weighted by Crippen LogP contribution is 2.32. The first-order chi connectivity index (χ1) is 11.9. The van der Waals surface area contributed by atoms with Gasteiger partial charge in [-0.3, -0.25) is 9.78 Å². The van der Waals surface area contributed by atoms with Crippen LogP contribution in [0.2, 0.25) is 0 Å². The van der Waals surface area contributed by atoms with E-state index in [0.717, 1.165) is 29.7 Å². The smallest absolute Gasteiger partial charge is 0.261 e. The lowest BCUT2D eigenvalue weighted by molar-refractivity contribution is -0.134. The Balaban J connectivity index is 1.67. The molecule has 4 heteroatoms. The van der Waals surface area contributed by atoms with Gasteiger partial charge in [-0.1, -0.05) is 39.0 Å². The summed E-state index contributed by atoms with van der Waals surface area (Å²) in [6.07, 6.45) is 5.69. The number of benzene rings is 1. The van der Waals surface area contributed by atoms with Crippen LogP contribution in [-0.4, -0.2) is 28.4 Å². The predicted molar refractivity (Wildman–Crippen MR) is 98.4 cm³/mol. The van der Waals surface area contributed by atoms with Crippen LogP contribution in [0.1, 0.15) is 44.7 Å². The molecule has 1 heterocycles. The SMILES string of the molecule is CC(C)(C)c1ccccc1OCC(=O)N(Cc1ccncc1)C1CC1. The normalized spacial score (nSPS) is 14.2. The maximum Gasteiger partial charge on any atom is 0.261 e. The lowest BCUT2D eigenvalue weighted by Gasteiger charge is -2.25. The van der Waals surface area contributed by atoms with Crippen molar-refractivity contribution < 1.29 is 9.53 Å². The van der Waals surface area contributed by atoms with Gasteiger partial charge in [-0.25, -0.2) is 0 Å². The van der Waals surface area contributed by atoms with Gasteiger partial charge in [0.1, 0.15) is 5.75 Å². The van der Waals surface area contributed by atoms with Gasteiger partial charge < -0.3 is 9.64 Å². The molecule has 0 spiro atoms. The summed E-state index contributed by atoms with van der Waals surface area (Å²) in [6, 6.07) is 12.2. The number of rotatable bonds is 6. The molecule has 0 N–H and O–H groups in total. The highest BCUT2D eigenvalue weighted by atomic mass is 16.5. The maximum atomic E-state index is 12.7. The summed E-state index contributed by atoms with van der Waals surface area (Å²) >= 11 is 0. The predicted octanol–water partition coefficient (Wildman–Crippen LogP) is 3.95. The van der Waals surface area contributed by atoms with Gasteiger partial charge in [0.25, 0.3) is 5.91 Å². The third-order valence-corrected chi connectivity index (χ3v) is 4.46. The zero-order valence-electron chi connectivity index (χ0n) is 15.2. The molecular formula is C21H26N2O2. The molecule has 1 fully saturated rings. The molecule has 132 valence electrons.